The SMILES string of the molecule is Cc1cc(-c2cc(C(=O)O)nn2C)c(F)cc1F. The van der Waals surface area contributed by atoms with Gasteiger partial charge in [-0.25, -0.2) is 13.6 Å². The lowest BCUT2D eigenvalue weighted by molar-refractivity contribution is 0.0689. The second kappa shape index (κ2) is 4.21. The maximum Gasteiger partial charge on any atom is 0.356 e. The van der Waals surface area contributed by atoms with E-state index < -0.39 is 17.6 Å². The van der Waals surface area contributed by atoms with E-state index in [2.05, 4.69) is 5.10 Å². The van der Waals surface area contributed by atoms with Crippen molar-refractivity contribution in [2.24, 2.45) is 7.05 Å². The molecule has 0 amide bonds. The molecule has 0 atom stereocenters. The number of carboxylic acids is 1. The van der Waals surface area contributed by atoms with E-state index >= 15 is 0 Å². The summed E-state index contributed by atoms with van der Waals surface area (Å²) in [7, 11) is 1.50. The molecule has 0 fully saturated rings. The van der Waals surface area contributed by atoms with Gasteiger partial charge < -0.3 is 5.11 Å². The van der Waals surface area contributed by atoms with E-state index in [1.807, 2.05) is 0 Å². The van der Waals surface area contributed by atoms with Gasteiger partial charge in [0.1, 0.15) is 11.6 Å². The number of hydrogen-bond acceptors (Lipinski definition) is 2. The third-order valence-corrected chi connectivity index (χ3v) is 2.62. The fourth-order valence-corrected chi connectivity index (χ4v) is 1.68. The predicted octanol–water partition coefficient (Wildman–Crippen LogP) is 2.37. The van der Waals surface area contributed by atoms with Gasteiger partial charge in [0.05, 0.1) is 5.69 Å². The van der Waals surface area contributed by atoms with Crippen molar-refractivity contribution < 1.29 is 18.7 Å². The lowest BCUT2D eigenvalue weighted by Crippen LogP contribution is -2.00. The zero-order chi connectivity index (χ0) is 13.4. The Kier molecular flexibility index (Phi) is 2.86. The van der Waals surface area contributed by atoms with Crippen molar-refractivity contribution in [2.75, 3.05) is 0 Å². The van der Waals surface area contributed by atoms with Crippen molar-refractivity contribution in [3.63, 3.8) is 0 Å². The Bertz CT molecular complexity index is 635. The van der Waals surface area contributed by atoms with Crippen molar-refractivity contribution in [3.05, 3.63) is 41.1 Å². The van der Waals surface area contributed by atoms with Gasteiger partial charge in [0, 0.05) is 18.7 Å². The van der Waals surface area contributed by atoms with Crippen LogP contribution in [-0.4, -0.2) is 20.9 Å². The third-order valence-electron chi connectivity index (χ3n) is 2.62. The number of aromatic nitrogens is 2. The standard InChI is InChI=1S/C12H10F2N2O2/c1-6-3-7(9(14)4-8(6)13)11-5-10(12(17)18)15-16(11)2/h3-5H,1-2H3,(H,17,18). The molecule has 4 nitrogen and oxygen atoms in total. The van der Waals surface area contributed by atoms with E-state index in [-0.39, 0.29) is 22.5 Å². The van der Waals surface area contributed by atoms with Gasteiger partial charge in [-0.3, -0.25) is 4.68 Å². The largest absolute Gasteiger partial charge is 0.476 e. The van der Waals surface area contributed by atoms with Crippen LogP contribution in [0.5, 0.6) is 0 Å². The Morgan fingerprint density at radius 1 is 1.28 bits per heavy atom. The number of nitrogens with zero attached hydrogens (tertiary/aromatic N) is 2. The molecule has 0 bridgehead atoms. The van der Waals surface area contributed by atoms with Crippen LogP contribution in [0, 0.1) is 18.6 Å². The molecule has 1 N–H and O–H groups in total. The van der Waals surface area contributed by atoms with Crippen LogP contribution in [0.15, 0.2) is 18.2 Å². The summed E-state index contributed by atoms with van der Waals surface area (Å²) in [5.41, 5.74) is 0.503. The van der Waals surface area contributed by atoms with Crippen LogP contribution in [0.25, 0.3) is 11.3 Å². The number of hydrogen-bond donors (Lipinski definition) is 1. The molecule has 2 aromatic rings. The predicted molar refractivity (Wildman–Crippen MR) is 60.3 cm³/mol. The number of carboxylic acid groups (broad SMARTS) is 1. The fourth-order valence-electron chi connectivity index (χ4n) is 1.68. The molecular weight excluding hydrogens is 242 g/mol. The van der Waals surface area contributed by atoms with E-state index in [1.165, 1.54) is 30.8 Å². The Morgan fingerprint density at radius 2 is 1.94 bits per heavy atom. The summed E-state index contributed by atoms with van der Waals surface area (Å²) in [6.07, 6.45) is 0. The molecule has 1 aromatic heterocycles. The molecule has 0 aliphatic rings. The number of aryl methyl sites for hydroxylation is 2. The van der Waals surface area contributed by atoms with Gasteiger partial charge in [-0.2, -0.15) is 5.10 Å². The summed E-state index contributed by atoms with van der Waals surface area (Å²) in [4.78, 5) is 10.8. The molecule has 6 heteroatoms. The minimum Gasteiger partial charge on any atom is -0.476 e. The zero-order valence-corrected chi connectivity index (χ0v) is 9.74. The fraction of sp³-hybridized carbons (Fsp3) is 0.167. The van der Waals surface area contributed by atoms with Crippen molar-refractivity contribution in [1.82, 2.24) is 9.78 Å². The minimum absolute atomic E-state index is 0.122. The van der Waals surface area contributed by atoms with Gasteiger partial charge in [0.2, 0.25) is 0 Å². The highest BCUT2D eigenvalue weighted by molar-refractivity contribution is 5.87. The molecule has 0 aliphatic heterocycles. The van der Waals surface area contributed by atoms with Crippen molar-refractivity contribution in [2.45, 2.75) is 6.92 Å². The molecule has 0 saturated carbocycles. The van der Waals surface area contributed by atoms with E-state index in [0.29, 0.717) is 0 Å². The Hall–Kier alpha value is -2.24. The third kappa shape index (κ3) is 1.97. The van der Waals surface area contributed by atoms with Gasteiger partial charge in [-0.15, -0.1) is 0 Å². The first-order valence-electron chi connectivity index (χ1n) is 5.13. The molecule has 18 heavy (non-hydrogen) atoms. The summed E-state index contributed by atoms with van der Waals surface area (Å²) in [5, 5.41) is 12.5. The summed E-state index contributed by atoms with van der Waals surface area (Å²) < 4.78 is 28.1. The number of halogens is 2. The monoisotopic (exact) mass is 252 g/mol. The molecule has 0 aliphatic carbocycles. The molecule has 2 rings (SSSR count). The number of benzene rings is 1. The number of carbonyl (C=O) groups is 1. The van der Waals surface area contributed by atoms with E-state index in [4.69, 9.17) is 5.11 Å². The molecule has 0 saturated heterocycles. The van der Waals surface area contributed by atoms with Crippen LogP contribution in [0.2, 0.25) is 0 Å². The van der Waals surface area contributed by atoms with Crippen LogP contribution in [-0.2, 0) is 7.05 Å². The first kappa shape index (κ1) is 12.2. The van der Waals surface area contributed by atoms with Crippen LogP contribution in [0.4, 0.5) is 8.78 Å². The first-order chi connectivity index (χ1) is 8.40. The highest BCUT2D eigenvalue weighted by Gasteiger charge is 2.16. The molecule has 0 spiro atoms. The maximum atomic E-state index is 13.7. The number of aromatic carboxylic acids is 1. The van der Waals surface area contributed by atoms with Gasteiger partial charge in [-0.05, 0) is 24.6 Å². The molecule has 1 heterocycles. The van der Waals surface area contributed by atoms with E-state index in [0.717, 1.165) is 6.07 Å². The first-order valence-corrected chi connectivity index (χ1v) is 5.13. The lowest BCUT2D eigenvalue weighted by Gasteiger charge is -2.05. The highest BCUT2D eigenvalue weighted by Crippen LogP contribution is 2.25. The summed E-state index contributed by atoms with van der Waals surface area (Å²) in [6, 6.07) is 3.35. The van der Waals surface area contributed by atoms with Crippen LogP contribution < -0.4 is 0 Å². The second-order valence-corrected chi connectivity index (χ2v) is 3.92. The summed E-state index contributed by atoms with van der Waals surface area (Å²) in [6.45, 7) is 1.51. The highest BCUT2D eigenvalue weighted by atomic mass is 19.1. The van der Waals surface area contributed by atoms with Crippen molar-refractivity contribution in [3.8, 4) is 11.3 Å². The quantitative estimate of drug-likeness (QED) is 0.892. The minimum atomic E-state index is -1.20. The maximum absolute atomic E-state index is 13.7. The van der Waals surface area contributed by atoms with E-state index in [1.54, 1.807) is 0 Å². The average molecular weight is 252 g/mol. The molecule has 1 aromatic carbocycles. The van der Waals surface area contributed by atoms with Gasteiger partial charge in [0.15, 0.2) is 5.69 Å². The zero-order valence-electron chi connectivity index (χ0n) is 9.74. The van der Waals surface area contributed by atoms with Crippen molar-refractivity contribution in [1.29, 1.82) is 0 Å². The molecule has 0 radical (unpaired) electrons. The topological polar surface area (TPSA) is 55.1 Å². The van der Waals surface area contributed by atoms with Gasteiger partial charge in [0.25, 0.3) is 0 Å². The van der Waals surface area contributed by atoms with Gasteiger partial charge in [-0.1, -0.05) is 0 Å². The smallest absolute Gasteiger partial charge is 0.356 e. The lowest BCUT2D eigenvalue weighted by atomic mass is 10.1. The number of rotatable bonds is 2. The van der Waals surface area contributed by atoms with Gasteiger partial charge >= 0.3 is 5.97 Å². The molecule has 94 valence electrons. The van der Waals surface area contributed by atoms with Crippen LogP contribution in [0.3, 0.4) is 0 Å². The average Bonchev–Trinajstić information content (AvgIpc) is 2.66. The second-order valence-electron chi connectivity index (χ2n) is 3.92. The van der Waals surface area contributed by atoms with Crippen molar-refractivity contribution >= 4 is 5.97 Å². The Morgan fingerprint density at radius 3 is 2.50 bits per heavy atom. The van der Waals surface area contributed by atoms with Crippen LogP contribution in [0.1, 0.15) is 16.1 Å². The normalized spacial score (nSPS) is 10.7. The summed E-state index contributed by atoms with van der Waals surface area (Å²) >= 11 is 0. The van der Waals surface area contributed by atoms with E-state index in [9.17, 15) is 13.6 Å². The summed E-state index contributed by atoms with van der Waals surface area (Å²) in [5.74, 6) is -2.59. The molecular formula is C12H10F2N2O2. The van der Waals surface area contributed by atoms with Crippen LogP contribution >= 0.6 is 0 Å². The Labute approximate surface area is 101 Å². The Balaban J connectivity index is 2.62. The molecule has 0 unspecified atom stereocenters.